The summed E-state index contributed by atoms with van der Waals surface area (Å²) in [7, 11) is 0. The highest BCUT2D eigenvalue weighted by Crippen LogP contribution is 2.20. The summed E-state index contributed by atoms with van der Waals surface area (Å²) >= 11 is 1.68. The fraction of sp³-hybridized carbons (Fsp3) is 0.263. The van der Waals surface area contributed by atoms with Crippen molar-refractivity contribution in [1.29, 1.82) is 0 Å². The topological polar surface area (TPSA) is 57.8 Å². The summed E-state index contributed by atoms with van der Waals surface area (Å²) in [5.74, 6) is 0.631. The molecular formula is C19H22IN5S. The van der Waals surface area contributed by atoms with E-state index in [1.165, 1.54) is 16.3 Å². The quantitative estimate of drug-likeness (QED) is 0.355. The Kier molecular flexibility index (Phi) is 6.31. The summed E-state index contributed by atoms with van der Waals surface area (Å²) in [6.45, 7) is 4.23. The van der Waals surface area contributed by atoms with Gasteiger partial charge in [-0.3, -0.25) is 0 Å². The molecule has 0 radical (unpaired) electrons. The van der Waals surface area contributed by atoms with Gasteiger partial charge in [0.2, 0.25) is 0 Å². The Morgan fingerprint density at radius 3 is 2.62 bits per heavy atom. The van der Waals surface area contributed by atoms with Crippen LogP contribution in [0.25, 0.3) is 10.8 Å². The van der Waals surface area contributed by atoms with Crippen LogP contribution in [-0.4, -0.2) is 42.0 Å². The molecule has 0 amide bonds. The Labute approximate surface area is 174 Å². The maximum Gasteiger partial charge on any atom is 0.191 e. The van der Waals surface area contributed by atoms with Gasteiger partial charge >= 0.3 is 0 Å². The fourth-order valence-corrected chi connectivity index (χ4v) is 3.89. The van der Waals surface area contributed by atoms with E-state index in [9.17, 15) is 0 Å². The van der Waals surface area contributed by atoms with Crippen molar-refractivity contribution in [3.63, 3.8) is 0 Å². The van der Waals surface area contributed by atoms with Gasteiger partial charge in [-0.15, -0.1) is 35.3 Å². The molecule has 4 rings (SSSR count). The summed E-state index contributed by atoms with van der Waals surface area (Å²) in [5, 5.41) is 5.59. The number of piperazine rings is 1. The maximum absolute atomic E-state index is 6.25. The van der Waals surface area contributed by atoms with Crippen LogP contribution in [0.1, 0.15) is 5.56 Å². The third-order valence-corrected chi connectivity index (χ3v) is 5.42. The fourth-order valence-electron chi connectivity index (χ4n) is 3.20. The average Bonchev–Trinajstić information content (AvgIpc) is 3.21. The lowest BCUT2D eigenvalue weighted by Crippen LogP contribution is -2.51. The van der Waals surface area contributed by atoms with E-state index in [0.29, 0.717) is 12.5 Å². The smallest absolute Gasteiger partial charge is 0.191 e. The number of hydrogen-bond acceptors (Lipinski definition) is 4. The van der Waals surface area contributed by atoms with Gasteiger partial charge in [-0.2, -0.15) is 0 Å². The van der Waals surface area contributed by atoms with E-state index < -0.39 is 0 Å². The highest BCUT2D eigenvalue weighted by molar-refractivity contribution is 14.0. The van der Waals surface area contributed by atoms with Crippen LogP contribution in [0.3, 0.4) is 0 Å². The van der Waals surface area contributed by atoms with E-state index in [-0.39, 0.29) is 24.0 Å². The molecule has 0 atom stereocenters. The third kappa shape index (κ3) is 4.09. The van der Waals surface area contributed by atoms with Gasteiger partial charge in [0.1, 0.15) is 0 Å². The molecule has 1 aliphatic rings. The minimum absolute atomic E-state index is 0. The van der Waals surface area contributed by atoms with Crippen molar-refractivity contribution in [3.8, 4) is 0 Å². The second kappa shape index (κ2) is 8.68. The zero-order valence-electron chi connectivity index (χ0n) is 14.4. The molecule has 136 valence electrons. The Morgan fingerprint density at radius 1 is 1.08 bits per heavy atom. The van der Waals surface area contributed by atoms with Crippen molar-refractivity contribution < 1.29 is 0 Å². The Hall–Kier alpha value is -1.87. The van der Waals surface area contributed by atoms with E-state index in [4.69, 9.17) is 5.73 Å². The number of halogens is 1. The van der Waals surface area contributed by atoms with Gasteiger partial charge < -0.3 is 15.5 Å². The highest BCUT2D eigenvalue weighted by atomic mass is 127. The SMILES string of the molecule is I.NC(=NCc1cccc2ccccc12)N1CCN(c2nccs2)CC1. The number of thiazole rings is 1. The van der Waals surface area contributed by atoms with Crippen LogP contribution < -0.4 is 10.6 Å². The molecule has 0 saturated carbocycles. The number of nitrogens with zero attached hydrogens (tertiary/aromatic N) is 4. The lowest BCUT2D eigenvalue weighted by molar-refractivity contribution is 0.380. The molecule has 26 heavy (non-hydrogen) atoms. The third-order valence-electron chi connectivity index (χ3n) is 4.58. The molecule has 1 fully saturated rings. The zero-order valence-corrected chi connectivity index (χ0v) is 17.6. The summed E-state index contributed by atoms with van der Waals surface area (Å²) < 4.78 is 0. The number of rotatable bonds is 3. The Balaban J connectivity index is 0.00000196. The molecule has 3 aromatic rings. The van der Waals surface area contributed by atoms with Gasteiger partial charge in [-0.25, -0.2) is 9.98 Å². The van der Waals surface area contributed by atoms with Gasteiger partial charge in [0.05, 0.1) is 6.54 Å². The van der Waals surface area contributed by atoms with Crippen LogP contribution in [0.15, 0.2) is 59.0 Å². The van der Waals surface area contributed by atoms with Crippen molar-refractivity contribution in [3.05, 3.63) is 59.6 Å². The molecular weight excluding hydrogens is 457 g/mol. The number of benzene rings is 2. The minimum atomic E-state index is 0. The van der Waals surface area contributed by atoms with E-state index in [2.05, 4.69) is 62.2 Å². The van der Waals surface area contributed by atoms with E-state index in [1.807, 2.05) is 11.6 Å². The molecule has 2 N–H and O–H groups in total. The molecule has 1 saturated heterocycles. The van der Waals surface area contributed by atoms with Crippen LogP contribution >= 0.6 is 35.3 Å². The van der Waals surface area contributed by atoms with Gasteiger partial charge in [0.15, 0.2) is 11.1 Å². The first-order valence-electron chi connectivity index (χ1n) is 8.47. The normalized spacial score (nSPS) is 15.2. The molecule has 1 aromatic heterocycles. The standard InChI is InChI=1S/C19H21N5S.HI/c20-18(23-9-11-24(12-10-23)19-21-8-13-25-19)22-14-16-6-3-5-15-4-1-2-7-17(15)16;/h1-8,13H,9-12,14H2,(H2,20,22);1H. The predicted octanol–water partition coefficient (Wildman–Crippen LogP) is 3.55. The Bertz CT molecular complexity index is 867. The van der Waals surface area contributed by atoms with Crippen LogP contribution in [-0.2, 0) is 6.54 Å². The second-order valence-electron chi connectivity index (χ2n) is 6.10. The van der Waals surface area contributed by atoms with Crippen LogP contribution in [0, 0.1) is 0 Å². The number of guanidine groups is 1. The average molecular weight is 479 g/mol. The maximum atomic E-state index is 6.25. The molecule has 7 heteroatoms. The molecule has 1 aliphatic heterocycles. The largest absolute Gasteiger partial charge is 0.370 e. The lowest BCUT2D eigenvalue weighted by atomic mass is 10.1. The number of aliphatic imine (C=N–C) groups is 1. The van der Waals surface area contributed by atoms with E-state index >= 15 is 0 Å². The lowest BCUT2D eigenvalue weighted by Gasteiger charge is -2.35. The van der Waals surface area contributed by atoms with Crippen molar-refractivity contribution in [2.45, 2.75) is 6.54 Å². The molecule has 0 spiro atoms. The number of fused-ring (bicyclic) bond motifs is 1. The van der Waals surface area contributed by atoms with Crippen molar-refractivity contribution in [2.75, 3.05) is 31.1 Å². The summed E-state index contributed by atoms with van der Waals surface area (Å²) in [6, 6.07) is 14.7. The van der Waals surface area contributed by atoms with Crippen molar-refractivity contribution in [2.24, 2.45) is 10.7 Å². The summed E-state index contributed by atoms with van der Waals surface area (Å²) in [5.41, 5.74) is 7.46. The van der Waals surface area contributed by atoms with Crippen LogP contribution in [0.5, 0.6) is 0 Å². The van der Waals surface area contributed by atoms with Gasteiger partial charge in [0, 0.05) is 37.8 Å². The molecule has 0 bridgehead atoms. The van der Waals surface area contributed by atoms with Crippen LogP contribution in [0.4, 0.5) is 5.13 Å². The minimum Gasteiger partial charge on any atom is -0.370 e. The first kappa shape index (κ1) is 18.9. The number of aromatic nitrogens is 1. The summed E-state index contributed by atoms with van der Waals surface area (Å²) in [4.78, 5) is 13.5. The molecule has 2 aromatic carbocycles. The number of nitrogens with two attached hydrogens (primary N) is 1. The molecule has 0 aliphatic carbocycles. The molecule has 2 heterocycles. The monoisotopic (exact) mass is 479 g/mol. The van der Waals surface area contributed by atoms with E-state index in [0.717, 1.165) is 31.3 Å². The molecule has 0 unspecified atom stereocenters. The van der Waals surface area contributed by atoms with Crippen molar-refractivity contribution in [1.82, 2.24) is 9.88 Å². The zero-order chi connectivity index (χ0) is 17.1. The first-order chi connectivity index (χ1) is 12.3. The highest BCUT2D eigenvalue weighted by Gasteiger charge is 2.19. The first-order valence-corrected chi connectivity index (χ1v) is 9.35. The van der Waals surface area contributed by atoms with E-state index in [1.54, 1.807) is 11.3 Å². The van der Waals surface area contributed by atoms with Gasteiger partial charge in [0.25, 0.3) is 0 Å². The van der Waals surface area contributed by atoms with Crippen LogP contribution in [0.2, 0.25) is 0 Å². The Morgan fingerprint density at radius 2 is 1.85 bits per heavy atom. The van der Waals surface area contributed by atoms with Crippen molar-refractivity contribution >= 4 is 57.2 Å². The summed E-state index contributed by atoms with van der Waals surface area (Å²) in [6.07, 6.45) is 1.85. The van der Waals surface area contributed by atoms with Gasteiger partial charge in [-0.1, -0.05) is 42.5 Å². The number of anilines is 1. The predicted molar refractivity (Wildman–Crippen MR) is 121 cm³/mol. The number of hydrogen-bond donors (Lipinski definition) is 1. The second-order valence-corrected chi connectivity index (χ2v) is 6.97. The van der Waals surface area contributed by atoms with Gasteiger partial charge in [-0.05, 0) is 16.3 Å². The molecule has 5 nitrogen and oxygen atoms in total.